The van der Waals surface area contributed by atoms with Gasteiger partial charge in [-0.1, -0.05) is 78.6 Å². The van der Waals surface area contributed by atoms with Gasteiger partial charge in [-0.3, -0.25) is 0 Å². The minimum atomic E-state index is -0.487. The molecule has 0 radical (unpaired) electrons. The first-order valence-corrected chi connectivity index (χ1v) is 17.9. The van der Waals surface area contributed by atoms with Crippen LogP contribution in [0, 0.1) is 0 Å². The lowest BCUT2D eigenvalue weighted by Gasteiger charge is -2.15. The van der Waals surface area contributed by atoms with Crippen LogP contribution < -0.4 is 0 Å². The summed E-state index contributed by atoms with van der Waals surface area (Å²) in [5.41, 5.74) is 0. The molecule has 0 saturated heterocycles. The molecule has 0 aliphatic rings. The van der Waals surface area contributed by atoms with Crippen LogP contribution in [0.2, 0.25) is 0 Å². The highest BCUT2D eigenvalue weighted by atomic mass is 32.2. The van der Waals surface area contributed by atoms with Crippen molar-refractivity contribution in [1.82, 2.24) is 0 Å². The quantitative estimate of drug-likeness (QED) is 0.0671. The van der Waals surface area contributed by atoms with Gasteiger partial charge in [0.1, 0.15) is 0 Å². The smallest absolute Gasteiger partial charge is 0.386 e. The van der Waals surface area contributed by atoms with Crippen molar-refractivity contribution in [3.8, 4) is 0 Å². The third-order valence-corrected chi connectivity index (χ3v) is 8.95. The molecule has 0 heterocycles. The Bertz CT molecular complexity index is 316. The van der Waals surface area contributed by atoms with Crippen molar-refractivity contribution < 1.29 is 14.0 Å². The highest BCUT2D eigenvalue weighted by Gasteiger charge is 2.20. The van der Waals surface area contributed by atoms with E-state index in [4.69, 9.17) is 14.0 Å². The van der Waals surface area contributed by atoms with Crippen molar-refractivity contribution in [2.75, 3.05) is 54.3 Å². The Morgan fingerprint density at radius 1 is 0.382 bits per heavy atom. The molecule has 0 aliphatic heterocycles. The predicted octanol–water partition coefficient (Wildman–Crippen LogP) is 9.13. The fourth-order valence-electron chi connectivity index (χ4n) is 3.36. The summed E-state index contributed by atoms with van der Waals surface area (Å²) >= 11 is 6.17. The molecule has 0 aromatic rings. The molecule has 0 aromatic carbocycles. The average Bonchev–Trinajstić information content (AvgIpc) is 2.85. The number of unbranched alkanes of at least 4 members (excludes halogenated alkanes) is 9. The van der Waals surface area contributed by atoms with Gasteiger partial charge in [0.25, 0.3) is 0 Å². The standard InChI is InChI=1S/C27H57BO3S3/c1-4-7-10-13-22-32-25-16-19-29-28(30-20-17-26-33-23-14-11-8-5-2)31-21-18-27-34-24-15-12-9-6-3/h4-27H2,1-3H3. The zero-order valence-corrected chi connectivity index (χ0v) is 25.4. The molecule has 7 heteroatoms. The molecule has 0 spiro atoms. The third-order valence-electron chi connectivity index (χ3n) is 5.49. The highest BCUT2D eigenvalue weighted by Crippen LogP contribution is 2.12. The monoisotopic (exact) mass is 536 g/mol. The second-order valence-electron chi connectivity index (χ2n) is 8.98. The first-order chi connectivity index (χ1) is 16.8. The molecular formula is C27H57BO3S3. The minimum Gasteiger partial charge on any atom is -0.386 e. The first kappa shape index (κ1) is 35.0. The summed E-state index contributed by atoms with van der Waals surface area (Å²) in [7, 11) is -0.487. The molecule has 0 unspecified atom stereocenters. The highest BCUT2D eigenvalue weighted by molar-refractivity contribution is 7.99. The van der Waals surface area contributed by atoms with Crippen molar-refractivity contribution in [2.24, 2.45) is 0 Å². The van der Waals surface area contributed by atoms with Crippen LogP contribution in [0.3, 0.4) is 0 Å². The van der Waals surface area contributed by atoms with E-state index in [9.17, 15) is 0 Å². The van der Waals surface area contributed by atoms with Gasteiger partial charge in [0, 0.05) is 19.8 Å². The zero-order chi connectivity index (χ0) is 24.8. The number of thioether (sulfide) groups is 3. The van der Waals surface area contributed by atoms with Crippen molar-refractivity contribution in [3.63, 3.8) is 0 Å². The van der Waals surface area contributed by atoms with Gasteiger partial charge in [-0.2, -0.15) is 35.3 Å². The Kier molecular flexibility index (Phi) is 33.0. The van der Waals surface area contributed by atoms with Crippen LogP contribution in [0.1, 0.15) is 117 Å². The van der Waals surface area contributed by atoms with Crippen molar-refractivity contribution >= 4 is 42.6 Å². The van der Waals surface area contributed by atoms with E-state index < -0.39 is 7.32 Å². The topological polar surface area (TPSA) is 27.7 Å². The first-order valence-electron chi connectivity index (χ1n) is 14.4. The van der Waals surface area contributed by atoms with Gasteiger partial charge in [-0.15, -0.1) is 0 Å². The number of hydrogen-bond acceptors (Lipinski definition) is 6. The summed E-state index contributed by atoms with van der Waals surface area (Å²) in [5.74, 6) is 7.35. The molecule has 0 bridgehead atoms. The van der Waals surface area contributed by atoms with Crippen molar-refractivity contribution in [3.05, 3.63) is 0 Å². The maximum Gasteiger partial charge on any atom is 0.639 e. The Morgan fingerprint density at radius 2 is 0.676 bits per heavy atom. The van der Waals surface area contributed by atoms with Crippen molar-refractivity contribution in [1.29, 1.82) is 0 Å². The minimum absolute atomic E-state index is 0.487. The van der Waals surface area contributed by atoms with Crippen LogP contribution in [-0.4, -0.2) is 61.7 Å². The molecule has 0 amide bonds. The fourth-order valence-corrected chi connectivity index (χ4v) is 6.17. The molecular weight excluding hydrogens is 479 g/mol. The molecule has 0 atom stereocenters. The lowest BCUT2D eigenvalue weighted by molar-refractivity contribution is 0.0940. The van der Waals surface area contributed by atoms with E-state index in [-0.39, 0.29) is 0 Å². The molecule has 0 fully saturated rings. The van der Waals surface area contributed by atoms with Crippen molar-refractivity contribution in [2.45, 2.75) is 117 Å². The molecule has 0 rings (SSSR count). The Labute approximate surface area is 227 Å². The summed E-state index contributed by atoms with van der Waals surface area (Å²) in [6.07, 6.45) is 19.4. The molecule has 0 aromatic heterocycles. The largest absolute Gasteiger partial charge is 0.639 e. The van der Waals surface area contributed by atoms with E-state index in [0.717, 1.165) is 39.1 Å². The van der Waals surface area contributed by atoms with Gasteiger partial charge < -0.3 is 14.0 Å². The van der Waals surface area contributed by atoms with Crippen LogP contribution >= 0.6 is 35.3 Å². The number of hydrogen-bond donors (Lipinski definition) is 0. The van der Waals surface area contributed by atoms with Gasteiger partial charge in [-0.25, -0.2) is 0 Å². The summed E-state index contributed by atoms with van der Waals surface area (Å²) in [6.45, 7) is 8.99. The third kappa shape index (κ3) is 29.2. The SMILES string of the molecule is CCCCCCSCCCOB(OCCCSCCCCCC)OCCCSCCCCCC. The van der Waals surface area contributed by atoms with E-state index in [0.29, 0.717) is 0 Å². The van der Waals surface area contributed by atoms with E-state index in [1.54, 1.807) is 0 Å². The van der Waals surface area contributed by atoms with E-state index in [1.807, 2.05) is 0 Å². The molecule has 0 saturated carbocycles. The number of rotatable bonds is 30. The maximum atomic E-state index is 5.96. The summed E-state index contributed by atoms with van der Waals surface area (Å²) in [6, 6.07) is 0. The van der Waals surface area contributed by atoms with Crippen LogP contribution in [0.4, 0.5) is 0 Å². The van der Waals surface area contributed by atoms with E-state index in [2.05, 4.69) is 56.1 Å². The van der Waals surface area contributed by atoms with Crippen LogP contribution in [0.15, 0.2) is 0 Å². The second kappa shape index (κ2) is 32.0. The Balaban J connectivity index is 3.85. The van der Waals surface area contributed by atoms with Gasteiger partial charge in [0.05, 0.1) is 0 Å². The Hall–Kier alpha value is 0.995. The lowest BCUT2D eigenvalue weighted by atomic mass is 10.2. The second-order valence-corrected chi connectivity index (χ2v) is 12.7. The summed E-state index contributed by atoms with van der Waals surface area (Å²) in [4.78, 5) is 0. The summed E-state index contributed by atoms with van der Waals surface area (Å²) in [5, 5.41) is 0. The molecule has 0 N–H and O–H groups in total. The molecule has 3 nitrogen and oxygen atoms in total. The van der Waals surface area contributed by atoms with Gasteiger partial charge in [-0.05, 0) is 73.0 Å². The van der Waals surface area contributed by atoms with E-state index >= 15 is 0 Å². The van der Waals surface area contributed by atoms with Gasteiger partial charge in [0.15, 0.2) is 0 Å². The molecule has 34 heavy (non-hydrogen) atoms. The summed E-state index contributed by atoms with van der Waals surface area (Å²) < 4.78 is 17.9. The zero-order valence-electron chi connectivity index (χ0n) is 23.0. The molecule has 204 valence electrons. The van der Waals surface area contributed by atoms with Crippen LogP contribution in [-0.2, 0) is 14.0 Å². The van der Waals surface area contributed by atoms with Gasteiger partial charge >= 0.3 is 7.32 Å². The van der Waals surface area contributed by atoms with Crippen LogP contribution in [0.5, 0.6) is 0 Å². The average molecular weight is 537 g/mol. The maximum absolute atomic E-state index is 5.96. The molecule has 0 aliphatic carbocycles. The fraction of sp³-hybridized carbons (Fsp3) is 1.00. The van der Waals surface area contributed by atoms with E-state index in [1.165, 1.54) is 112 Å². The van der Waals surface area contributed by atoms with Gasteiger partial charge in [0.2, 0.25) is 0 Å². The van der Waals surface area contributed by atoms with Crippen LogP contribution in [0.25, 0.3) is 0 Å². The lowest BCUT2D eigenvalue weighted by Crippen LogP contribution is -2.29. The normalized spacial score (nSPS) is 11.4. The Morgan fingerprint density at radius 3 is 0.971 bits per heavy atom. The predicted molar refractivity (Wildman–Crippen MR) is 162 cm³/mol.